The highest BCUT2D eigenvalue weighted by Gasteiger charge is 2.08. The number of nitrogens with one attached hydrogen (secondary N) is 2. The molecule has 0 saturated heterocycles. The first-order chi connectivity index (χ1) is 12.2. The summed E-state index contributed by atoms with van der Waals surface area (Å²) < 4.78 is 5.59. The fourth-order valence-electron chi connectivity index (χ4n) is 2.69. The molecule has 0 saturated carbocycles. The quantitative estimate of drug-likeness (QED) is 0.600. The highest BCUT2D eigenvalue weighted by molar-refractivity contribution is 5.94. The van der Waals surface area contributed by atoms with Gasteiger partial charge in [-0.15, -0.1) is 0 Å². The van der Waals surface area contributed by atoms with Crippen molar-refractivity contribution in [2.75, 3.05) is 11.9 Å². The van der Waals surface area contributed by atoms with Crippen LogP contribution in [0.1, 0.15) is 5.69 Å². The molecule has 1 amide bonds. The summed E-state index contributed by atoms with van der Waals surface area (Å²) in [6.45, 7) is 1.84. The van der Waals surface area contributed by atoms with Gasteiger partial charge in [-0.1, -0.05) is 30.3 Å². The Labute approximate surface area is 143 Å². The number of fused-ring (bicyclic) bond motifs is 2. The number of benzene rings is 2. The lowest BCUT2D eigenvalue weighted by Gasteiger charge is -2.08. The van der Waals surface area contributed by atoms with E-state index in [1.807, 2.05) is 55.5 Å². The molecule has 4 aromatic rings. The normalized spacial score (nSPS) is 10.9. The zero-order chi connectivity index (χ0) is 17.2. The summed E-state index contributed by atoms with van der Waals surface area (Å²) in [5, 5.41) is 12.8. The molecule has 4 rings (SSSR count). The summed E-state index contributed by atoms with van der Waals surface area (Å²) in [6, 6.07) is 15.6. The zero-order valence-electron chi connectivity index (χ0n) is 13.6. The van der Waals surface area contributed by atoms with Gasteiger partial charge in [-0.25, -0.2) is 4.98 Å². The minimum Gasteiger partial charge on any atom is -0.484 e. The van der Waals surface area contributed by atoms with Crippen molar-refractivity contribution in [3.05, 3.63) is 60.4 Å². The Morgan fingerprint density at radius 1 is 1.16 bits per heavy atom. The molecule has 6 nitrogen and oxygen atoms in total. The van der Waals surface area contributed by atoms with Crippen LogP contribution in [-0.2, 0) is 4.79 Å². The summed E-state index contributed by atoms with van der Waals surface area (Å²) >= 11 is 0. The number of ether oxygens (including phenoxy) is 1. The number of pyridine rings is 1. The monoisotopic (exact) mass is 332 g/mol. The lowest BCUT2D eigenvalue weighted by atomic mass is 10.1. The van der Waals surface area contributed by atoms with Gasteiger partial charge in [0.15, 0.2) is 12.3 Å². The van der Waals surface area contributed by atoms with E-state index in [1.54, 1.807) is 6.20 Å². The fourth-order valence-corrected chi connectivity index (χ4v) is 2.69. The largest absolute Gasteiger partial charge is 0.484 e. The van der Waals surface area contributed by atoms with Gasteiger partial charge in [-0.2, -0.15) is 5.10 Å². The Kier molecular flexibility index (Phi) is 3.78. The van der Waals surface area contributed by atoms with E-state index in [9.17, 15) is 4.79 Å². The number of amides is 1. The van der Waals surface area contributed by atoms with E-state index in [4.69, 9.17) is 4.74 Å². The minimum atomic E-state index is -0.240. The summed E-state index contributed by atoms with van der Waals surface area (Å²) in [5.41, 5.74) is 2.15. The lowest BCUT2D eigenvalue weighted by Crippen LogP contribution is -2.20. The predicted octanol–water partition coefficient (Wildman–Crippen LogP) is 3.44. The maximum Gasteiger partial charge on any atom is 0.262 e. The second-order valence-corrected chi connectivity index (χ2v) is 5.79. The van der Waals surface area contributed by atoms with E-state index in [-0.39, 0.29) is 12.5 Å². The molecule has 2 aromatic carbocycles. The van der Waals surface area contributed by atoms with Crippen molar-refractivity contribution in [3.63, 3.8) is 0 Å². The average molecular weight is 332 g/mol. The second kappa shape index (κ2) is 6.24. The van der Waals surface area contributed by atoms with Crippen molar-refractivity contribution in [2.24, 2.45) is 0 Å². The molecule has 6 heteroatoms. The van der Waals surface area contributed by atoms with E-state index in [2.05, 4.69) is 20.5 Å². The van der Waals surface area contributed by atoms with Crippen molar-refractivity contribution in [1.29, 1.82) is 0 Å². The van der Waals surface area contributed by atoms with Crippen LogP contribution in [0.3, 0.4) is 0 Å². The van der Waals surface area contributed by atoms with Gasteiger partial charge in [-0.05, 0) is 35.9 Å². The molecular weight excluding hydrogens is 316 g/mol. The first kappa shape index (κ1) is 15.1. The van der Waals surface area contributed by atoms with Crippen LogP contribution in [-0.4, -0.2) is 27.7 Å². The Hall–Kier alpha value is -3.41. The smallest absolute Gasteiger partial charge is 0.262 e. The number of hydrogen-bond acceptors (Lipinski definition) is 4. The average Bonchev–Trinajstić information content (AvgIpc) is 3.00. The Balaban J connectivity index is 1.43. The molecule has 0 aliphatic rings. The minimum absolute atomic E-state index is 0.0687. The first-order valence-corrected chi connectivity index (χ1v) is 7.91. The SMILES string of the molecule is Cc1[nH]nc2ncc(NC(=O)COc3ccc4ccccc4c3)cc12. The molecule has 0 unspecified atom stereocenters. The molecule has 2 heterocycles. The topological polar surface area (TPSA) is 79.9 Å². The van der Waals surface area contributed by atoms with Crippen molar-refractivity contribution in [3.8, 4) is 5.75 Å². The fraction of sp³-hybridized carbons (Fsp3) is 0.105. The van der Waals surface area contributed by atoms with Crippen LogP contribution in [0.5, 0.6) is 5.75 Å². The van der Waals surface area contributed by atoms with E-state index in [1.165, 1.54) is 0 Å². The maximum absolute atomic E-state index is 12.1. The number of H-pyrrole nitrogens is 1. The Morgan fingerprint density at radius 3 is 2.88 bits per heavy atom. The summed E-state index contributed by atoms with van der Waals surface area (Å²) in [4.78, 5) is 16.3. The lowest BCUT2D eigenvalue weighted by molar-refractivity contribution is -0.118. The highest BCUT2D eigenvalue weighted by atomic mass is 16.5. The summed E-state index contributed by atoms with van der Waals surface area (Å²) in [7, 11) is 0. The molecule has 0 radical (unpaired) electrons. The number of carbonyl (C=O) groups is 1. The van der Waals surface area contributed by atoms with Crippen LogP contribution in [0.2, 0.25) is 0 Å². The molecule has 0 fully saturated rings. The molecule has 25 heavy (non-hydrogen) atoms. The van der Waals surface area contributed by atoms with Gasteiger partial charge in [0.05, 0.1) is 11.9 Å². The molecule has 124 valence electrons. The standard InChI is InChI=1S/C19H16N4O2/c1-12-17-9-15(10-20-19(17)23-22-12)21-18(24)11-25-16-7-6-13-4-2-3-5-14(13)8-16/h2-10H,11H2,1H3,(H,21,24)(H,20,22,23). The molecule has 0 aliphatic carbocycles. The summed E-state index contributed by atoms with van der Waals surface area (Å²) in [5.74, 6) is 0.420. The van der Waals surface area contributed by atoms with Gasteiger partial charge in [0.2, 0.25) is 0 Å². The van der Waals surface area contributed by atoms with Crippen molar-refractivity contribution < 1.29 is 9.53 Å². The van der Waals surface area contributed by atoms with Gasteiger partial charge in [0, 0.05) is 11.1 Å². The van der Waals surface area contributed by atoms with Crippen molar-refractivity contribution in [2.45, 2.75) is 6.92 Å². The van der Waals surface area contributed by atoms with E-state index >= 15 is 0 Å². The van der Waals surface area contributed by atoms with Gasteiger partial charge >= 0.3 is 0 Å². The molecule has 0 bridgehead atoms. The second-order valence-electron chi connectivity index (χ2n) is 5.79. The van der Waals surface area contributed by atoms with Crippen LogP contribution in [0.15, 0.2) is 54.7 Å². The van der Waals surface area contributed by atoms with Crippen LogP contribution < -0.4 is 10.1 Å². The number of rotatable bonds is 4. The van der Waals surface area contributed by atoms with Crippen LogP contribution in [0.4, 0.5) is 5.69 Å². The number of nitrogens with zero attached hydrogens (tertiary/aromatic N) is 2. The van der Waals surface area contributed by atoms with E-state index in [0.29, 0.717) is 17.1 Å². The number of aryl methyl sites for hydroxylation is 1. The van der Waals surface area contributed by atoms with Crippen LogP contribution in [0, 0.1) is 6.92 Å². The Bertz CT molecular complexity index is 1070. The first-order valence-electron chi connectivity index (χ1n) is 7.91. The van der Waals surface area contributed by atoms with Crippen LogP contribution >= 0.6 is 0 Å². The van der Waals surface area contributed by atoms with Crippen LogP contribution in [0.25, 0.3) is 21.8 Å². The molecule has 2 N–H and O–H groups in total. The maximum atomic E-state index is 12.1. The highest BCUT2D eigenvalue weighted by Crippen LogP contribution is 2.21. The van der Waals surface area contributed by atoms with Gasteiger partial charge in [0.25, 0.3) is 5.91 Å². The molecule has 0 atom stereocenters. The molecule has 0 aliphatic heterocycles. The zero-order valence-corrected chi connectivity index (χ0v) is 13.6. The Morgan fingerprint density at radius 2 is 2.00 bits per heavy atom. The molecule has 0 spiro atoms. The number of carbonyl (C=O) groups excluding carboxylic acids is 1. The van der Waals surface area contributed by atoms with E-state index in [0.717, 1.165) is 21.9 Å². The molecule has 2 aromatic heterocycles. The van der Waals surface area contributed by atoms with E-state index < -0.39 is 0 Å². The summed E-state index contributed by atoms with van der Waals surface area (Å²) in [6.07, 6.45) is 1.58. The van der Waals surface area contributed by atoms with Gasteiger partial charge in [0.1, 0.15) is 5.75 Å². The molecular formula is C19H16N4O2. The predicted molar refractivity (Wildman–Crippen MR) is 96.7 cm³/mol. The van der Waals surface area contributed by atoms with Crippen molar-refractivity contribution in [1.82, 2.24) is 15.2 Å². The van der Waals surface area contributed by atoms with Gasteiger partial charge in [-0.3, -0.25) is 9.89 Å². The third-order valence-electron chi connectivity index (χ3n) is 3.97. The number of anilines is 1. The van der Waals surface area contributed by atoms with Crippen molar-refractivity contribution >= 4 is 33.4 Å². The van der Waals surface area contributed by atoms with Gasteiger partial charge < -0.3 is 10.1 Å². The number of aromatic amines is 1. The third kappa shape index (κ3) is 3.14. The number of hydrogen-bond donors (Lipinski definition) is 2. The third-order valence-corrected chi connectivity index (χ3v) is 3.97. The number of aromatic nitrogens is 3.